The first-order valence-corrected chi connectivity index (χ1v) is 12.9. The molecule has 8 heteroatoms. The number of rotatable bonds is 6. The largest absolute Gasteiger partial charge is 0.457 e. The van der Waals surface area contributed by atoms with E-state index < -0.39 is 0 Å². The molecule has 0 radical (unpaired) electrons. The molecular formula is C28H35N3O5. The van der Waals surface area contributed by atoms with Crippen LogP contribution >= 0.6 is 0 Å². The summed E-state index contributed by atoms with van der Waals surface area (Å²) in [5.74, 6) is 1.58. The Labute approximate surface area is 212 Å². The molecule has 4 saturated heterocycles. The van der Waals surface area contributed by atoms with E-state index in [9.17, 15) is 9.59 Å². The average Bonchev–Trinajstić information content (AvgIpc) is 2.90. The number of hydrogen-bond donors (Lipinski definition) is 0. The van der Waals surface area contributed by atoms with Crippen molar-refractivity contribution in [1.82, 2.24) is 9.80 Å². The molecular weight excluding hydrogens is 458 g/mol. The molecule has 2 amide bonds. The van der Waals surface area contributed by atoms with Gasteiger partial charge in [0.1, 0.15) is 17.6 Å². The summed E-state index contributed by atoms with van der Waals surface area (Å²) in [5, 5.41) is 0. The van der Waals surface area contributed by atoms with E-state index in [1.165, 1.54) is 0 Å². The third kappa shape index (κ3) is 5.50. The van der Waals surface area contributed by atoms with Gasteiger partial charge in [0.05, 0.1) is 18.9 Å². The van der Waals surface area contributed by atoms with Crippen LogP contribution in [0.15, 0.2) is 48.5 Å². The summed E-state index contributed by atoms with van der Waals surface area (Å²) in [5.41, 5.74) is 1.30. The van der Waals surface area contributed by atoms with Gasteiger partial charge in [-0.2, -0.15) is 0 Å². The average molecular weight is 494 g/mol. The Balaban J connectivity index is 1.28. The lowest BCUT2D eigenvalue weighted by molar-refractivity contribution is -0.0313. The Bertz CT molecular complexity index is 1080. The lowest BCUT2D eigenvalue weighted by Gasteiger charge is -2.44. The van der Waals surface area contributed by atoms with Crippen LogP contribution in [0.1, 0.15) is 37.0 Å². The van der Waals surface area contributed by atoms with Crippen molar-refractivity contribution in [2.24, 2.45) is 5.92 Å². The molecule has 4 fully saturated rings. The summed E-state index contributed by atoms with van der Waals surface area (Å²) >= 11 is 0. The Morgan fingerprint density at radius 3 is 2.33 bits per heavy atom. The second kappa shape index (κ2) is 10.9. The van der Waals surface area contributed by atoms with E-state index in [0.717, 1.165) is 32.5 Å². The molecule has 4 aliphatic heterocycles. The van der Waals surface area contributed by atoms with Crippen LogP contribution in [0.2, 0.25) is 0 Å². The third-order valence-electron chi connectivity index (χ3n) is 7.27. The molecule has 8 nitrogen and oxygen atoms in total. The van der Waals surface area contributed by atoms with Gasteiger partial charge in [-0.05, 0) is 76.0 Å². The van der Waals surface area contributed by atoms with E-state index in [1.54, 1.807) is 21.9 Å². The van der Waals surface area contributed by atoms with Gasteiger partial charge in [-0.1, -0.05) is 12.1 Å². The number of amides is 2. The van der Waals surface area contributed by atoms with Crippen LogP contribution in [-0.4, -0.2) is 79.9 Å². The summed E-state index contributed by atoms with van der Waals surface area (Å²) in [6.07, 6.45) is 1.82. The molecule has 36 heavy (non-hydrogen) atoms. The van der Waals surface area contributed by atoms with Crippen LogP contribution in [-0.2, 0) is 9.47 Å². The van der Waals surface area contributed by atoms with Crippen molar-refractivity contribution in [1.29, 1.82) is 0 Å². The van der Waals surface area contributed by atoms with Crippen molar-refractivity contribution < 1.29 is 23.8 Å². The lowest BCUT2D eigenvalue weighted by Crippen LogP contribution is -2.53. The van der Waals surface area contributed by atoms with Crippen LogP contribution in [0.25, 0.3) is 0 Å². The molecule has 1 unspecified atom stereocenters. The summed E-state index contributed by atoms with van der Waals surface area (Å²) in [6.45, 7) is 9.28. The van der Waals surface area contributed by atoms with Crippen molar-refractivity contribution in [3.05, 3.63) is 54.1 Å². The molecule has 0 aromatic heterocycles. The lowest BCUT2D eigenvalue weighted by atomic mass is 9.86. The van der Waals surface area contributed by atoms with Gasteiger partial charge in [0, 0.05) is 37.3 Å². The number of carbonyl (C=O) groups excluding carboxylic acids is 2. The van der Waals surface area contributed by atoms with Crippen molar-refractivity contribution in [2.45, 2.75) is 38.8 Å². The SMILES string of the molecule is CC(C)N(C(=O)OC1CN2CCC1CC2)c1cccc(Oc2cccc(C(=O)N3CCOCC3)c2)c1. The Hall–Kier alpha value is -3.10. The highest BCUT2D eigenvalue weighted by Gasteiger charge is 2.37. The number of nitrogens with zero attached hydrogens (tertiary/aromatic N) is 3. The number of benzene rings is 2. The summed E-state index contributed by atoms with van der Waals surface area (Å²) in [4.78, 5) is 32.0. The molecule has 6 rings (SSSR count). The molecule has 2 aromatic rings. The first-order chi connectivity index (χ1) is 17.5. The van der Waals surface area contributed by atoms with E-state index in [4.69, 9.17) is 14.2 Å². The summed E-state index contributed by atoms with van der Waals surface area (Å²) < 4.78 is 17.5. The molecule has 2 aromatic carbocycles. The predicted molar refractivity (Wildman–Crippen MR) is 137 cm³/mol. The molecule has 1 atom stereocenters. The van der Waals surface area contributed by atoms with E-state index in [-0.39, 0.29) is 24.1 Å². The Kier molecular flexibility index (Phi) is 7.43. The zero-order chi connectivity index (χ0) is 25.1. The molecule has 0 N–H and O–H groups in total. The maximum atomic E-state index is 13.3. The first-order valence-electron chi connectivity index (χ1n) is 12.9. The van der Waals surface area contributed by atoms with E-state index in [0.29, 0.717) is 55.0 Å². The fourth-order valence-electron chi connectivity index (χ4n) is 5.32. The minimum Gasteiger partial charge on any atom is -0.457 e. The minimum absolute atomic E-state index is 0.0287. The smallest absolute Gasteiger partial charge is 0.414 e. The van der Waals surface area contributed by atoms with Gasteiger partial charge in [-0.15, -0.1) is 0 Å². The maximum Gasteiger partial charge on any atom is 0.414 e. The van der Waals surface area contributed by atoms with Crippen molar-refractivity contribution >= 4 is 17.7 Å². The van der Waals surface area contributed by atoms with Crippen molar-refractivity contribution in [3.8, 4) is 11.5 Å². The molecule has 192 valence electrons. The first kappa shape index (κ1) is 24.6. The molecule has 4 heterocycles. The summed E-state index contributed by atoms with van der Waals surface area (Å²) in [7, 11) is 0. The second-order valence-electron chi connectivity index (χ2n) is 10.1. The van der Waals surface area contributed by atoms with Gasteiger partial charge >= 0.3 is 6.09 Å². The van der Waals surface area contributed by atoms with Gasteiger partial charge in [-0.3, -0.25) is 14.6 Å². The number of carbonyl (C=O) groups is 2. The van der Waals surface area contributed by atoms with Crippen molar-refractivity contribution in [3.63, 3.8) is 0 Å². The highest BCUT2D eigenvalue weighted by molar-refractivity contribution is 5.94. The van der Waals surface area contributed by atoms with E-state index >= 15 is 0 Å². The zero-order valence-electron chi connectivity index (χ0n) is 21.1. The highest BCUT2D eigenvalue weighted by Crippen LogP contribution is 2.32. The number of anilines is 1. The number of piperidine rings is 3. The maximum absolute atomic E-state index is 13.3. The number of morpholine rings is 1. The fraction of sp³-hybridized carbons (Fsp3) is 0.500. The molecule has 2 bridgehead atoms. The van der Waals surface area contributed by atoms with E-state index in [1.807, 2.05) is 50.2 Å². The molecule has 0 spiro atoms. The number of fused-ring (bicyclic) bond motifs is 3. The zero-order valence-corrected chi connectivity index (χ0v) is 21.1. The van der Waals surface area contributed by atoms with Crippen LogP contribution in [0.5, 0.6) is 11.5 Å². The van der Waals surface area contributed by atoms with Gasteiger partial charge in [0.15, 0.2) is 0 Å². The predicted octanol–water partition coefficient (Wildman–Crippen LogP) is 4.40. The number of hydrogen-bond acceptors (Lipinski definition) is 6. The highest BCUT2D eigenvalue weighted by atomic mass is 16.6. The standard InChI is InChI=1S/C28H35N3O5/c1-20(2)31(28(33)36-26-19-29-11-9-21(26)10-12-29)23-6-4-8-25(18-23)35-24-7-3-5-22(17-24)27(32)30-13-15-34-16-14-30/h3-8,17-18,20-21,26H,9-16,19H2,1-2H3. The normalized spacial score (nSPS) is 23.4. The molecule has 4 aliphatic rings. The molecule has 0 saturated carbocycles. The molecule has 0 aliphatic carbocycles. The van der Waals surface area contributed by atoms with Crippen LogP contribution in [0.3, 0.4) is 0 Å². The van der Waals surface area contributed by atoms with Crippen LogP contribution in [0.4, 0.5) is 10.5 Å². The van der Waals surface area contributed by atoms with E-state index in [2.05, 4.69) is 4.90 Å². The fourth-order valence-corrected chi connectivity index (χ4v) is 5.32. The summed E-state index contributed by atoms with van der Waals surface area (Å²) in [6, 6.07) is 14.6. The van der Waals surface area contributed by atoms with Gasteiger partial charge < -0.3 is 19.1 Å². The number of ether oxygens (including phenoxy) is 3. The van der Waals surface area contributed by atoms with Gasteiger partial charge in [-0.25, -0.2) is 4.79 Å². The van der Waals surface area contributed by atoms with Gasteiger partial charge in [0.2, 0.25) is 0 Å². The third-order valence-corrected chi connectivity index (χ3v) is 7.27. The van der Waals surface area contributed by atoms with Gasteiger partial charge in [0.25, 0.3) is 5.91 Å². The Morgan fingerprint density at radius 1 is 0.972 bits per heavy atom. The quantitative estimate of drug-likeness (QED) is 0.594. The second-order valence-corrected chi connectivity index (χ2v) is 10.1. The monoisotopic (exact) mass is 493 g/mol. The Morgan fingerprint density at radius 2 is 1.67 bits per heavy atom. The van der Waals surface area contributed by atoms with Crippen LogP contribution in [0, 0.1) is 5.92 Å². The minimum atomic E-state index is -0.320. The van der Waals surface area contributed by atoms with Crippen molar-refractivity contribution in [2.75, 3.05) is 50.8 Å². The van der Waals surface area contributed by atoms with Crippen LogP contribution < -0.4 is 9.64 Å². The topological polar surface area (TPSA) is 71.6 Å².